The van der Waals surface area contributed by atoms with E-state index in [2.05, 4.69) is 9.17 Å². The zero-order chi connectivity index (χ0) is 10.1. The summed E-state index contributed by atoms with van der Waals surface area (Å²) in [5.41, 5.74) is 0. The van der Waals surface area contributed by atoms with Crippen LogP contribution in [0.1, 0.15) is 0 Å². The Kier molecular flexibility index (Phi) is 2.30. The summed E-state index contributed by atoms with van der Waals surface area (Å²) in [6.07, 6.45) is -2.72. The molecule has 0 bridgehead atoms. The normalized spacial score (nSPS) is 13.2. The smallest absolute Gasteiger partial charge is 0.244 e. The molecule has 0 aromatic carbocycles. The van der Waals surface area contributed by atoms with Crippen LogP contribution in [-0.4, -0.2) is 23.7 Å². The van der Waals surface area contributed by atoms with Gasteiger partial charge in [-0.2, -0.15) is 12.6 Å². The molecule has 0 amide bonds. The van der Waals surface area contributed by atoms with Gasteiger partial charge in [0.15, 0.2) is 0 Å². The SMILES string of the molecule is O=S(=O)(OC(F)(F)F)n1ccnc1. The first-order valence-electron chi connectivity index (χ1n) is 2.82. The van der Waals surface area contributed by atoms with Gasteiger partial charge in [-0.15, -0.1) is 13.2 Å². The molecule has 5 nitrogen and oxygen atoms in total. The molecule has 1 aromatic heterocycles. The highest BCUT2D eigenvalue weighted by Crippen LogP contribution is 2.20. The Morgan fingerprint density at radius 2 is 2.00 bits per heavy atom. The monoisotopic (exact) mass is 216 g/mol. The minimum atomic E-state index is -5.23. The largest absolute Gasteiger partial charge is 0.538 e. The van der Waals surface area contributed by atoms with Crippen molar-refractivity contribution in [3.8, 4) is 0 Å². The number of nitrogens with zero attached hydrogens (tertiary/aromatic N) is 2. The number of hydrogen-bond donors (Lipinski definition) is 0. The quantitative estimate of drug-likeness (QED) is 0.722. The molecule has 0 saturated carbocycles. The predicted molar refractivity (Wildman–Crippen MR) is 33.7 cm³/mol. The Labute approximate surface area is 71.0 Å². The highest BCUT2D eigenvalue weighted by Gasteiger charge is 2.37. The molecule has 0 aliphatic rings. The van der Waals surface area contributed by atoms with E-state index in [-0.39, 0.29) is 3.97 Å². The zero-order valence-corrected chi connectivity index (χ0v) is 6.71. The van der Waals surface area contributed by atoms with Gasteiger partial charge < -0.3 is 0 Å². The second kappa shape index (κ2) is 3.00. The molecule has 0 atom stereocenters. The molecule has 13 heavy (non-hydrogen) atoms. The van der Waals surface area contributed by atoms with Gasteiger partial charge >= 0.3 is 16.7 Å². The first kappa shape index (κ1) is 9.99. The minimum Gasteiger partial charge on any atom is -0.244 e. The first-order chi connectivity index (χ1) is 5.81. The van der Waals surface area contributed by atoms with E-state index in [1.54, 1.807) is 0 Å². The third-order valence-electron chi connectivity index (χ3n) is 0.938. The van der Waals surface area contributed by atoms with E-state index in [0.29, 0.717) is 6.33 Å². The number of aromatic nitrogens is 2. The van der Waals surface area contributed by atoms with Crippen molar-refractivity contribution >= 4 is 10.3 Å². The van der Waals surface area contributed by atoms with E-state index in [4.69, 9.17) is 0 Å². The van der Waals surface area contributed by atoms with Crippen molar-refractivity contribution in [3.05, 3.63) is 18.7 Å². The molecule has 0 aliphatic heterocycles. The summed E-state index contributed by atoms with van der Waals surface area (Å²) >= 11 is 0. The van der Waals surface area contributed by atoms with E-state index in [1.165, 1.54) is 0 Å². The van der Waals surface area contributed by atoms with Crippen molar-refractivity contribution in [3.63, 3.8) is 0 Å². The lowest BCUT2D eigenvalue weighted by Crippen LogP contribution is -2.24. The number of imidazole rings is 1. The summed E-state index contributed by atoms with van der Waals surface area (Å²) in [4.78, 5) is 3.25. The fourth-order valence-corrected chi connectivity index (χ4v) is 1.24. The van der Waals surface area contributed by atoms with Crippen LogP contribution in [0.3, 0.4) is 0 Å². The molecule has 1 aromatic rings. The van der Waals surface area contributed by atoms with E-state index >= 15 is 0 Å². The average Bonchev–Trinajstić information content (AvgIpc) is 2.29. The van der Waals surface area contributed by atoms with Crippen LogP contribution < -0.4 is 0 Å². The van der Waals surface area contributed by atoms with Gasteiger partial charge in [-0.05, 0) is 0 Å². The molecule has 1 rings (SSSR count). The maximum Gasteiger partial charge on any atom is 0.538 e. The third-order valence-corrected chi connectivity index (χ3v) is 2.07. The summed E-state index contributed by atoms with van der Waals surface area (Å²) < 4.78 is 59.0. The lowest BCUT2D eigenvalue weighted by Gasteiger charge is -2.06. The van der Waals surface area contributed by atoms with Crippen molar-refractivity contribution in [2.24, 2.45) is 0 Å². The topological polar surface area (TPSA) is 61.2 Å². The summed E-state index contributed by atoms with van der Waals surface area (Å²) in [5, 5.41) is 0. The number of hydrogen-bond acceptors (Lipinski definition) is 4. The molecule has 0 aliphatic carbocycles. The van der Waals surface area contributed by atoms with Crippen LogP contribution in [0.5, 0.6) is 0 Å². The van der Waals surface area contributed by atoms with Gasteiger partial charge in [0.05, 0.1) is 0 Å². The molecule has 9 heteroatoms. The van der Waals surface area contributed by atoms with Gasteiger partial charge in [-0.3, -0.25) is 0 Å². The minimum absolute atomic E-state index is 0.209. The summed E-state index contributed by atoms with van der Waals surface area (Å²) in [6, 6.07) is 0. The molecule has 0 spiro atoms. The Morgan fingerprint density at radius 1 is 1.38 bits per heavy atom. The van der Waals surface area contributed by atoms with Crippen molar-refractivity contribution in [2.75, 3.05) is 0 Å². The van der Waals surface area contributed by atoms with Crippen LogP contribution in [0.2, 0.25) is 0 Å². The zero-order valence-electron chi connectivity index (χ0n) is 5.89. The van der Waals surface area contributed by atoms with Crippen LogP contribution >= 0.6 is 0 Å². The molecular weight excluding hydrogens is 213 g/mol. The van der Waals surface area contributed by atoms with E-state index in [0.717, 1.165) is 12.4 Å². The van der Waals surface area contributed by atoms with E-state index in [9.17, 15) is 21.6 Å². The first-order valence-corrected chi connectivity index (χ1v) is 4.18. The number of alkyl halides is 3. The fraction of sp³-hybridized carbons (Fsp3) is 0.250. The van der Waals surface area contributed by atoms with Crippen LogP contribution in [-0.2, 0) is 14.5 Å². The summed E-state index contributed by atoms with van der Waals surface area (Å²) in [6.45, 7) is 0. The Balaban J connectivity index is 2.93. The highest BCUT2D eigenvalue weighted by molar-refractivity contribution is 7.85. The Hall–Kier alpha value is -1.09. The molecule has 0 saturated heterocycles. The highest BCUT2D eigenvalue weighted by atomic mass is 32.2. The van der Waals surface area contributed by atoms with Crippen molar-refractivity contribution in [2.45, 2.75) is 6.36 Å². The second-order valence-corrected chi connectivity index (χ2v) is 3.32. The third kappa shape index (κ3) is 2.70. The molecular formula is C4H3F3N2O3S. The molecule has 0 fully saturated rings. The predicted octanol–water partition coefficient (Wildman–Crippen LogP) is 0.512. The van der Waals surface area contributed by atoms with Crippen molar-refractivity contribution in [1.29, 1.82) is 0 Å². The lowest BCUT2D eigenvalue weighted by molar-refractivity contribution is -0.272. The second-order valence-electron chi connectivity index (χ2n) is 1.88. The van der Waals surface area contributed by atoms with Gasteiger partial charge in [-0.1, -0.05) is 0 Å². The van der Waals surface area contributed by atoms with Crippen molar-refractivity contribution < 1.29 is 25.8 Å². The number of rotatable bonds is 2. The summed E-state index contributed by atoms with van der Waals surface area (Å²) in [5.74, 6) is 0. The maximum atomic E-state index is 11.5. The van der Waals surface area contributed by atoms with Crippen molar-refractivity contribution in [1.82, 2.24) is 8.96 Å². The van der Waals surface area contributed by atoms with Gasteiger partial charge in [0.2, 0.25) is 0 Å². The fourth-order valence-electron chi connectivity index (χ4n) is 0.542. The number of halogens is 3. The average molecular weight is 216 g/mol. The molecule has 1 heterocycles. The summed E-state index contributed by atoms with van der Waals surface area (Å²) in [7, 11) is -4.85. The van der Waals surface area contributed by atoms with Crippen LogP contribution in [0.15, 0.2) is 18.7 Å². The van der Waals surface area contributed by atoms with Crippen LogP contribution in [0.25, 0.3) is 0 Å². The Bertz CT molecular complexity index is 368. The molecule has 0 radical (unpaired) electrons. The maximum absolute atomic E-state index is 11.5. The van der Waals surface area contributed by atoms with Gasteiger partial charge in [0, 0.05) is 12.4 Å². The Morgan fingerprint density at radius 3 is 2.38 bits per heavy atom. The van der Waals surface area contributed by atoms with Crippen LogP contribution in [0.4, 0.5) is 13.2 Å². The van der Waals surface area contributed by atoms with Gasteiger partial charge in [0.1, 0.15) is 6.33 Å². The lowest BCUT2D eigenvalue weighted by atomic mass is 11.0. The van der Waals surface area contributed by atoms with Gasteiger partial charge in [0.25, 0.3) is 0 Å². The molecule has 0 N–H and O–H groups in total. The van der Waals surface area contributed by atoms with Gasteiger partial charge in [-0.25, -0.2) is 8.96 Å². The van der Waals surface area contributed by atoms with E-state index < -0.39 is 16.7 Å². The van der Waals surface area contributed by atoms with E-state index in [1.807, 2.05) is 0 Å². The molecule has 74 valence electrons. The standard InChI is InChI=1S/C4H3F3N2O3S/c5-4(6,7)12-13(10,11)9-2-1-8-3-9/h1-3H. The van der Waals surface area contributed by atoms with Crippen LogP contribution in [0, 0.1) is 0 Å². The molecule has 0 unspecified atom stereocenters.